The molecule has 0 fully saturated rings. The second-order valence-electron chi connectivity index (χ2n) is 4.89. The standard InChI is InChI=1S/C15H13F3N2O3S2/c1-10(21)19-11-5-7-14(8-6-11)25(22,23)20-12-3-2-4-13(9-12)24-15(16,17)18/h2-9,20H,1H3,(H,19,21). The highest BCUT2D eigenvalue weighted by molar-refractivity contribution is 8.00. The van der Waals surface area contributed by atoms with E-state index in [1.807, 2.05) is 0 Å². The largest absolute Gasteiger partial charge is 0.446 e. The summed E-state index contributed by atoms with van der Waals surface area (Å²) in [5, 5.41) is 2.50. The molecule has 0 heterocycles. The molecule has 0 bridgehead atoms. The van der Waals surface area contributed by atoms with Gasteiger partial charge in [-0.15, -0.1) is 0 Å². The summed E-state index contributed by atoms with van der Waals surface area (Å²) in [6.07, 6.45) is 0. The van der Waals surface area contributed by atoms with Crippen LogP contribution in [0.1, 0.15) is 6.92 Å². The van der Waals surface area contributed by atoms with E-state index >= 15 is 0 Å². The Hall–Kier alpha value is -2.20. The first kappa shape index (κ1) is 19.1. The van der Waals surface area contributed by atoms with Crippen LogP contribution in [0.5, 0.6) is 0 Å². The molecule has 2 N–H and O–H groups in total. The minimum atomic E-state index is -4.46. The van der Waals surface area contributed by atoms with E-state index in [0.29, 0.717) is 5.69 Å². The fourth-order valence-corrected chi connectivity index (χ4v) is 3.54. The first-order chi connectivity index (χ1) is 11.5. The van der Waals surface area contributed by atoms with E-state index in [4.69, 9.17) is 0 Å². The highest BCUT2D eigenvalue weighted by Crippen LogP contribution is 2.37. The van der Waals surface area contributed by atoms with Crippen LogP contribution in [-0.2, 0) is 14.8 Å². The molecule has 0 aliphatic rings. The smallest absolute Gasteiger partial charge is 0.326 e. The molecule has 0 atom stereocenters. The Bertz CT molecular complexity index is 866. The molecule has 25 heavy (non-hydrogen) atoms. The number of benzene rings is 2. The Kier molecular flexibility index (Phi) is 5.63. The van der Waals surface area contributed by atoms with Crippen molar-refractivity contribution in [2.75, 3.05) is 10.0 Å². The minimum Gasteiger partial charge on any atom is -0.326 e. The number of sulfonamides is 1. The molecule has 0 saturated carbocycles. The molecule has 0 aliphatic carbocycles. The van der Waals surface area contributed by atoms with Crippen molar-refractivity contribution in [2.45, 2.75) is 22.2 Å². The van der Waals surface area contributed by atoms with Crippen molar-refractivity contribution in [3.8, 4) is 0 Å². The van der Waals surface area contributed by atoms with Crippen LogP contribution in [0, 0.1) is 0 Å². The number of carbonyl (C=O) groups is 1. The van der Waals surface area contributed by atoms with Crippen LogP contribution in [0.2, 0.25) is 0 Å². The molecule has 1 amide bonds. The number of alkyl halides is 3. The van der Waals surface area contributed by atoms with E-state index in [0.717, 1.165) is 6.07 Å². The number of nitrogens with one attached hydrogen (secondary N) is 2. The lowest BCUT2D eigenvalue weighted by Crippen LogP contribution is -2.13. The molecule has 5 nitrogen and oxygen atoms in total. The maximum absolute atomic E-state index is 12.4. The number of thioether (sulfide) groups is 1. The number of halogens is 3. The average molecular weight is 390 g/mol. The van der Waals surface area contributed by atoms with E-state index < -0.39 is 15.5 Å². The highest BCUT2D eigenvalue weighted by Gasteiger charge is 2.29. The molecular formula is C15H13F3N2O3S2. The van der Waals surface area contributed by atoms with Gasteiger partial charge in [-0.3, -0.25) is 9.52 Å². The van der Waals surface area contributed by atoms with Gasteiger partial charge in [0, 0.05) is 23.2 Å². The average Bonchev–Trinajstić information content (AvgIpc) is 2.45. The van der Waals surface area contributed by atoms with Gasteiger partial charge in [0.2, 0.25) is 5.91 Å². The Balaban J connectivity index is 2.18. The van der Waals surface area contributed by atoms with E-state index in [1.165, 1.54) is 49.4 Å². The number of amides is 1. The fraction of sp³-hybridized carbons (Fsp3) is 0.133. The predicted molar refractivity (Wildman–Crippen MR) is 89.9 cm³/mol. The summed E-state index contributed by atoms with van der Waals surface area (Å²) < 4.78 is 64.0. The van der Waals surface area contributed by atoms with Crippen LogP contribution >= 0.6 is 11.8 Å². The normalized spacial score (nSPS) is 11.8. The monoisotopic (exact) mass is 390 g/mol. The number of hydrogen-bond acceptors (Lipinski definition) is 4. The third-order valence-corrected chi connectivity index (χ3v) is 4.92. The molecule has 0 spiro atoms. The van der Waals surface area contributed by atoms with Crippen LogP contribution in [0.4, 0.5) is 24.5 Å². The molecule has 2 rings (SSSR count). The molecule has 2 aromatic rings. The molecule has 0 unspecified atom stereocenters. The maximum Gasteiger partial charge on any atom is 0.446 e. The zero-order chi connectivity index (χ0) is 18.7. The summed E-state index contributed by atoms with van der Waals surface area (Å²) in [7, 11) is -3.97. The van der Waals surface area contributed by atoms with Crippen molar-refractivity contribution in [3.05, 3.63) is 48.5 Å². The molecule has 10 heteroatoms. The lowest BCUT2D eigenvalue weighted by molar-refractivity contribution is -0.114. The van der Waals surface area contributed by atoms with Gasteiger partial charge in [0.15, 0.2) is 0 Å². The zero-order valence-electron chi connectivity index (χ0n) is 12.8. The molecule has 0 aromatic heterocycles. The van der Waals surface area contributed by atoms with Gasteiger partial charge in [0.25, 0.3) is 10.0 Å². The van der Waals surface area contributed by atoms with E-state index in [-0.39, 0.29) is 33.1 Å². The van der Waals surface area contributed by atoms with Gasteiger partial charge in [-0.1, -0.05) is 6.07 Å². The van der Waals surface area contributed by atoms with Crippen molar-refractivity contribution >= 4 is 39.1 Å². The molecular weight excluding hydrogens is 377 g/mol. The van der Waals surface area contributed by atoms with Crippen LogP contribution < -0.4 is 10.0 Å². The summed E-state index contributed by atoms with van der Waals surface area (Å²) in [4.78, 5) is 10.7. The Morgan fingerprint density at radius 2 is 1.68 bits per heavy atom. The molecule has 0 radical (unpaired) electrons. The first-order valence-electron chi connectivity index (χ1n) is 6.81. The summed E-state index contributed by atoms with van der Waals surface area (Å²) in [6.45, 7) is 1.32. The van der Waals surface area contributed by atoms with Crippen molar-refractivity contribution in [1.82, 2.24) is 0 Å². The van der Waals surface area contributed by atoms with Crippen LogP contribution in [-0.4, -0.2) is 19.8 Å². The van der Waals surface area contributed by atoms with Gasteiger partial charge in [-0.05, 0) is 54.2 Å². The summed E-state index contributed by atoms with van der Waals surface area (Å²) >= 11 is -0.331. The van der Waals surface area contributed by atoms with Gasteiger partial charge >= 0.3 is 5.51 Å². The van der Waals surface area contributed by atoms with Crippen molar-refractivity contribution in [1.29, 1.82) is 0 Å². The summed E-state index contributed by atoms with van der Waals surface area (Å²) in [5.41, 5.74) is -4.02. The number of carbonyl (C=O) groups excluding carboxylic acids is 1. The quantitative estimate of drug-likeness (QED) is 0.755. The van der Waals surface area contributed by atoms with Crippen LogP contribution in [0.25, 0.3) is 0 Å². The molecule has 2 aromatic carbocycles. The fourth-order valence-electron chi connectivity index (χ4n) is 1.89. The van der Waals surface area contributed by atoms with E-state index in [2.05, 4.69) is 10.0 Å². The zero-order valence-corrected chi connectivity index (χ0v) is 14.4. The molecule has 134 valence electrons. The molecule has 0 aliphatic heterocycles. The number of hydrogen-bond donors (Lipinski definition) is 2. The van der Waals surface area contributed by atoms with E-state index in [9.17, 15) is 26.4 Å². The second-order valence-corrected chi connectivity index (χ2v) is 7.71. The SMILES string of the molecule is CC(=O)Nc1ccc(S(=O)(=O)Nc2cccc(SC(F)(F)F)c2)cc1. The van der Waals surface area contributed by atoms with Gasteiger partial charge < -0.3 is 5.32 Å². The third-order valence-electron chi connectivity index (χ3n) is 2.80. The topological polar surface area (TPSA) is 75.3 Å². The van der Waals surface area contributed by atoms with Crippen molar-refractivity contribution in [2.24, 2.45) is 0 Å². The Morgan fingerprint density at radius 3 is 2.24 bits per heavy atom. The van der Waals surface area contributed by atoms with Gasteiger partial charge in [0.1, 0.15) is 0 Å². The minimum absolute atomic E-state index is 0.0141. The third kappa shape index (κ3) is 5.98. The lowest BCUT2D eigenvalue weighted by Gasteiger charge is -2.11. The summed E-state index contributed by atoms with van der Waals surface area (Å²) in [5.74, 6) is -0.298. The first-order valence-corrected chi connectivity index (χ1v) is 9.11. The highest BCUT2D eigenvalue weighted by atomic mass is 32.2. The maximum atomic E-state index is 12.4. The van der Waals surface area contributed by atoms with Gasteiger partial charge in [-0.2, -0.15) is 13.2 Å². The van der Waals surface area contributed by atoms with Crippen molar-refractivity contribution < 1.29 is 26.4 Å². The second kappa shape index (κ2) is 7.36. The Labute approximate surface area is 146 Å². The molecule has 0 saturated heterocycles. The van der Waals surface area contributed by atoms with Crippen LogP contribution in [0.3, 0.4) is 0 Å². The van der Waals surface area contributed by atoms with Crippen molar-refractivity contribution in [3.63, 3.8) is 0 Å². The lowest BCUT2D eigenvalue weighted by atomic mass is 10.3. The van der Waals surface area contributed by atoms with Crippen LogP contribution in [0.15, 0.2) is 58.3 Å². The van der Waals surface area contributed by atoms with Gasteiger partial charge in [0.05, 0.1) is 4.90 Å². The number of rotatable bonds is 5. The Morgan fingerprint density at radius 1 is 1.04 bits per heavy atom. The predicted octanol–water partition coefficient (Wildman–Crippen LogP) is 4.06. The van der Waals surface area contributed by atoms with Gasteiger partial charge in [-0.25, -0.2) is 8.42 Å². The summed E-state index contributed by atoms with van der Waals surface area (Å²) in [6, 6.07) is 10.4. The van der Waals surface area contributed by atoms with E-state index in [1.54, 1.807) is 0 Å². The number of anilines is 2.